The number of carbonyl (C=O) groups is 2. The first-order chi connectivity index (χ1) is 9.85. The van der Waals surface area contributed by atoms with Crippen molar-refractivity contribution in [3.63, 3.8) is 0 Å². The minimum Gasteiger partial charge on any atom is -0.344 e. The molecule has 21 heavy (non-hydrogen) atoms. The number of hydrogen-bond donors (Lipinski definition) is 1. The summed E-state index contributed by atoms with van der Waals surface area (Å²) in [4.78, 5) is 24.5. The number of nitrogens with one attached hydrogen (secondary N) is 1. The molecule has 2 amide bonds. The quantitative estimate of drug-likeness (QED) is 0.920. The lowest BCUT2D eigenvalue weighted by Crippen LogP contribution is -2.48. The predicted molar refractivity (Wildman–Crippen MR) is 69.3 cm³/mol. The molecule has 0 aromatic heterocycles. The normalized spacial score (nSPS) is 20.1. The van der Waals surface area contributed by atoms with E-state index < -0.39 is 30.6 Å². The lowest BCUT2D eigenvalue weighted by Gasteiger charge is -2.25. The standard InChI is InChI=1S/C14H15F3N2O2/c15-14(16,17)9-19-7-6-12(20)18-11(13(19)21)8-10-4-2-1-3-5-10/h1-5,11H,6-9H2,(H,18,20). The second-order valence-electron chi connectivity index (χ2n) is 4.93. The summed E-state index contributed by atoms with van der Waals surface area (Å²) >= 11 is 0. The fourth-order valence-corrected chi connectivity index (χ4v) is 2.26. The summed E-state index contributed by atoms with van der Waals surface area (Å²) < 4.78 is 37.5. The minimum atomic E-state index is -4.47. The summed E-state index contributed by atoms with van der Waals surface area (Å²) in [5.41, 5.74) is 0.782. The molecule has 0 bridgehead atoms. The van der Waals surface area contributed by atoms with Crippen molar-refractivity contribution in [1.29, 1.82) is 0 Å². The van der Waals surface area contributed by atoms with Crippen molar-refractivity contribution < 1.29 is 22.8 Å². The molecule has 0 spiro atoms. The van der Waals surface area contributed by atoms with Crippen molar-refractivity contribution in [2.24, 2.45) is 0 Å². The molecule has 0 aliphatic carbocycles. The number of rotatable bonds is 3. The number of nitrogens with zero attached hydrogens (tertiary/aromatic N) is 1. The van der Waals surface area contributed by atoms with Gasteiger partial charge >= 0.3 is 6.18 Å². The van der Waals surface area contributed by atoms with E-state index in [0.29, 0.717) is 4.90 Å². The zero-order valence-electron chi connectivity index (χ0n) is 11.2. The second-order valence-corrected chi connectivity index (χ2v) is 4.93. The Morgan fingerprint density at radius 2 is 1.86 bits per heavy atom. The first-order valence-electron chi connectivity index (χ1n) is 6.54. The molecule has 0 saturated carbocycles. The van der Waals surface area contributed by atoms with Gasteiger partial charge in [0, 0.05) is 19.4 Å². The van der Waals surface area contributed by atoms with Crippen molar-refractivity contribution in [3.05, 3.63) is 35.9 Å². The molecule has 1 aliphatic rings. The highest BCUT2D eigenvalue weighted by Crippen LogP contribution is 2.19. The first kappa shape index (κ1) is 15.3. The number of hydrogen-bond acceptors (Lipinski definition) is 2. The Balaban J connectivity index is 2.14. The molecular weight excluding hydrogens is 285 g/mol. The average Bonchev–Trinajstić information content (AvgIpc) is 2.52. The van der Waals surface area contributed by atoms with Crippen LogP contribution in [0.15, 0.2) is 30.3 Å². The molecule has 1 aromatic carbocycles. The van der Waals surface area contributed by atoms with Crippen LogP contribution in [-0.2, 0) is 16.0 Å². The van der Waals surface area contributed by atoms with Gasteiger partial charge in [0.25, 0.3) is 0 Å². The molecule has 4 nitrogen and oxygen atoms in total. The number of benzene rings is 1. The molecule has 1 saturated heterocycles. The lowest BCUT2D eigenvalue weighted by molar-refractivity contribution is -0.161. The van der Waals surface area contributed by atoms with Crippen LogP contribution in [0.4, 0.5) is 13.2 Å². The van der Waals surface area contributed by atoms with Crippen LogP contribution in [0.25, 0.3) is 0 Å². The number of halogens is 3. The molecule has 114 valence electrons. The smallest absolute Gasteiger partial charge is 0.344 e. The first-order valence-corrected chi connectivity index (χ1v) is 6.54. The average molecular weight is 300 g/mol. The van der Waals surface area contributed by atoms with E-state index in [4.69, 9.17) is 0 Å². The van der Waals surface area contributed by atoms with E-state index in [9.17, 15) is 22.8 Å². The van der Waals surface area contributed by atoms with Crippen LogP contribution in [0.5, 0.6) is 0 Å². The van der Waals surface area contributed by atoms with Crippen molar-refractivity contribution in [3.8, 4) is 0 Å². The van der Waals surface area contributed by atoms with Crippen molar-refractivity contribution >= 4 is 11.8 Å². The van der Waals surface area contributed by atoms with Crippen LogP contribution in [0.2, 0.25) is 0 Å². The van der Waals surface area contributed by atoms with Crippen LogP contribution in [0.1, 0.15) is 12.0 Å². The van der Waals surface area contributed by atoms with Gasteiger partial charge in [-0.3, -0.25) is 9.59 Å². The highest BCUT2D eigenvalue weighted by molar-refractivity contribution is 5.90. The molecule has 7 heteroatoms. The maximum absolute atomic E-state index is 12.5. The van der Waals surface area contributed by atoms with Crippen LogP contribution in [-0.4, -0.2) is 42.0 Å². The maximum Gasteiger partial charge on any atom is 0.406 e. The lowest BCUT2D eigenvalue weighted by atomic mass is 10.1. The highest BCUT2D eigenvalue weighted by atomic mass is 19.4. The summed E-state index contributed by atoms with van der Waals surface area (Å²) in [6.07, 6.45) is -4.41. The van der Waals surface area contributed by atoms with Crippen LogP contribution in [0, 0.1) is 0 Å². The Bertz CT molecular complexity index is 517. The van der Waals surface area contributed by atoms with Crippen molar-refractivity contribution in [2.45, 2.75) is 25.1 Å². The van der Waals surface area contributed by atoms with Gasteiger partial charge in [0.05, 0.1) is 0 Å². The van der Waals surface area contributed by atoms with Gasteiger partial charge in [0.1, 0.15) is 12.6 Å². The van der Waals surface area contributed by atoms with Gasteiger partial charge in [-0.2, -0.15) is 13.2 Å². The monoisotopic (exact) mass is 300 g/mol. The topological polar surface area (TPSA) is 49.4 Å². The fourth-order valence-electron chi connectivity index (χ4n) is 2.26. The van der Waals surface area contributed by atoms with E-state index in [0.717, 1.165) is 5.56 Å². The molecule has 1 fully saturated rings. The second kappa shape index (κ2) is 6.15. The molecule has 1 aliphatic heterocycles. The summed E-state index contributed by atoms with van der Waals surface area (Å²) in [6.45, 7) is -1.54. The Morgan fingerprint density at radius 1 is 1.19 bits per heavy atom. The molecule has 2 rings (SSSR count). The van der Waals surface area contributed by atoms with E-state index in [-0.39, 0.29) is 19.4 Å². The summed E-state index contributed by atoms with van der Waals surface area (Å²) in [5.74, 6) is -1.10. The third kappa shape index (κ3) is 4.47. The van der Waals surface area contributed by atoms with Crippen molar-refractivity contribution in [1.82, 2.24) is 10.2 Å². The van der Waals surface area contributed by atoms with Crippen LogP contribution >= 0.6 is 0 Å². The van der Waals surface area contributed by atoms with E-state index >= 15 is 0 Å². The SMILES string of the molecule is O=C1CCN(CC(F)(F)F)C(=O)C(Cc2ccccc2)N1. The van der Waals surface area contributed by atoms with E-state index in [1.54, 1.807) is 30.3 Å². The molecular formula is C14H15F3N2O2. The maximum atomic E-state index is 12.5. The fraction of sp³-hybridized carbons (Fsp3) is 0.429. The molecule has 1 N–H and O–H groups in total. The largest absolute Gasteiger partial charge is 0.406 e. The third-order valence-corrected chi connectivity index (χ3v) is 3.21. The Labute approximate surface area is 119 Å². The number of carbonyl (C=O) groups excluding carboxylic acids is 2. The highest BCUT2D eigenvalue weighted by Gasteiger charge is 2.37. The Kier molecular flexibility index (Phi) is 4.50. The minimum absolute atomic E-state index is 0.118. The third-order valence-electron chi connectivity index (χ3n) is 3.21. The Morgan fingerprint density at radius 3 is 2.48 bits per heavy atom. The van der Waals surface area contributed by atoms with Gasteiger partial charge in [-0.15, -0.1) is 0 Å². The Hall–Kier alpha value is -2.05. The van der Waals surface area contributed by atoms with Gasteiger partial charge in [0.15, 0.2) is 0 Å². The van der Waals surface area contributed by atoms with Gasteiger partial charge in [0.2, 0.25) is 11.8 Å². The number of alkyl halides is 3. The summed E-state index contributed by atoms with van der Waals surface area (Å²) in [6, 6.07) is 7.91. The molecule has 1 atom stereocenters. The summed E-state index contributed by atoms with van der Waals surface area (Å²) in [5, 5.41) is 2.50. The van der Waals surface area contributed by atoms with Gasteiger partial charge in [-0.25, -0.2) is 0 Å². The van der Waals surface area contributed by atoms with Crippen LogP contribution < -0.4 is 5.32 Å². The molecule has 0 radical (unpaired) electrons. The zero-order chi connectivity index (χ0) is 15.5. The van der Waals surface area contributed by atoms with Crippen molar-refractivity contribution in [2.75, 3.05) is 13.1 Å². The molecule has 1 aromatic rings. The van der Waals surface area contributed by atoms with E-state index in [2.05, 4.69) is 5.32 Å². The predicted octanol–water partition coefficient (Wildman–Crippen LogP) is 1.51. The van der Waals surface area contributed by atoms with Gasteiger partial charge < -0.3 is 10.2 Å². The zero-order valence-corrected chi connectivity index (χ0v) is 11.2. The van der Waals surface area contributed by atoms with E-state index in [1.165, 1.54) is 0 Å². The van der Waals surface area contributed by atoms with Gasteiger partial charge in [-0.05, 0) is 5.56 Å². The number of amides is 2. The summed E-state index contributed by atoms with van der Waals surface area (Å²) in [7, 11) is 0. The molecule has 1 unspecified atom stereocenters. The van der Waals surface area contributed by atoms with Crippen LogP contribution in [0.3, 0.4) is 0 Å². The van der Waals surface area contributed by atoms with Gasteiger partial charge in [-0.1, -0.05) is 30.3 Å². The molecule has 1 heterocycles. The van der Waals surface area contributed by atoms with E-state index in [1.807, 2.05) is 0 Å².